The molecule has 0 aliphatic carbocycles. The third-order valence-corrected chi connectivity index (χ3v) is 4.43. The van der Waals surface area contributed by atoms with Gasteiger partial charge in [-0.25, -0.2) is 9.50 Å². The molecule has 0 radical (unpaired) electrons. The van der Waals surface area contributed by atoms with Crippen LogP contribution in [0.25, 0.3) is 38.7 Å². The van der Waals surface area contributed by atoms with Gasteiger partial charge in [-0.15, -0.1) is 0 Å². The largest absolute Gasteiger partial charge is 0.244 e. The monoisotopic (exact) mass is 320 g/mol. The third kappa shape index (κ3) is 2.00. The maximum Gasteiger partial charge on any atom is 0.101 e. The van der Waals surface area contributed by atoms with Crippen molar-refractivity contribution in [1.82, 2.24) is 14.6 Å². The molecule has 0 aliphatic rings. The summed E-state index contributed by atoms with van der Waals surface area (Å²) in [5.41, 5.74) is 6.28. The van der Waals surface area contributed by atoms with E-state index in [4.69, 9.17) is 15.3 Å². The molecule has 0 unspecified atom stereocenters. The second-order valence-corrected chi connectivity index (χ2v) is 5.92. The highest BCUT2D eigenvalue weighted by molar-refractivity contribution is 6.03. The second-order valence-electron chi connectivity index (χ2n) is 5.92. The van der Waals surface area contributed by atoms with Crippen molar-refractivity contribution < 1.29 is 0 Å². The van der Waals surface area contributed by atoms with Crippen molar-refractivity contribution in [2.24, 2.45) is 0 Å². The number of hydrogen-bond donors (Lipinski definition) is 0. The van der Waals surface area contributed by atoms with Crippen molar-refractivity contribution in [3.05, 3.63) is 78.4 Å². The molecule has 3 aromatic carbocycles. The summed E-state index contributed by atoms with van der Waals surface area (Å²) in [4.78, 5) is 4.91. The molecule has 0 N–H and O–H groups in total. The summed E-state index contributed by atoms with van der Waals surface area (Å²) in [5.74, 6) is 0. The zero-order valence-electron chi connectivity index (χ0n) is 13.2. The first-order valence-corrected chi connectivity index (χ1v) is 8.02. The number of nitrogens with zero attached hydrogens (tertiary/aromatic N) is 4. The lowest BCUT2D eigenvalue weighted by atomic mass is 10.1. The molecule has 0 aliphatic heterocycles. The van der Waals surface area contributed by atoms with E-state index in [1.165, 1.54) is 0 Å². The van der Waals surface area contributed by atoms with E-state index in [0.717, 1.165) is 38.7 Å². The van der Waals surface area contributed by atoms with Crippen molar-refractivity contribution in [3.63, 3.8) is 0 Å². The Morgan fingerprint density at radius 3 is 2.32 bits per heavy atom. The van der Waals surface area contributed by atoms with Crippen LogP contribution in [0.3, 0.4) is 0 Å². The number of para-hydroxylation sites is 2. The summed E-state index contributed by atoms with van der Waals surface area (Å²) in [6.07, 6.45) is 0. The van der Waals surface area contributed by atoms with Gasteiger partial charge in [-0.2, -0.15) is 10.4 Å². The van der Waals surface area contributed by atoms with Gasteiger partial charge in [0.25, 0.3) is 0 Å². The Hall–Kier alpha value is -3.71. The molecule has 2 aromatic heterocycles. The normalized spacial score (nSPS) is 11.2. The van der Waals surface area contributed by atoms with Crippen LogP contribution >= 0.6 is 0 Å². The zero-order chi connectivity index (χ0) is 16.8. The smallest absolute Gasteiger partial charge is 0.101 e. The Kier molecular flexibility index (Phi) is 2.82. The molecule has 0 bridgehead atoms. The van der Waals surface area contributed by atoms with Crippen LogP contribution in [0, 0.1) is 11.3 Å². The summed E-state index contributed by atoms with van der Waals surface area (Å²) in [7, 11) is 0. The standard InChI is InChI=1S/C21H12N4/c22-13-14-9-11-15(12-10-14)20-21-16-5-1-2-6-17(16)24-25(21)19-8-4-3-7-18(19)23-20/h1-12H. The molecule has 2 heterocycles. The fourth-order valence-corrected chi connectivity index (χ4v) is 3.25. The van der Waals surface area contributed by atoms with Gasteiger partial charge in [0.2, 0.25) is 0 Å². The van der Waals surface area contributed by atoms with E-state index in [9.17, 15) is 0 Å². The van der Waals surface area contributed by atoms with E-state index in [-0.39, 0.29) is 0 Å². The summed E-state index contributed by atoms with van der Waals surface area (Å²) < 4.78 is 1.97. The summed E-state index contributed by atoms with van der Waals surface area (Å²) in [6, 6.07) is 25.8. The quantitative estimate of drug-likeness (QED) is 0.454. The number of nitriles is 1. The first-order chi connectivity index (χ1) is 12.3. The van der Waals surface area contributed by atoms with Gasteiger partial charge in [0.15, 0.2) is 0 Å². The maximum absolute atomic E-state index is 9.04. The van der Waals surface area contributed by atoms with Crippen LogP contribution in [0.2, 0.25) is 0 Å². The average molecular weight is 320 g/mol. The van der Waals surface area contributed by atoms with Crippen LogP contribution in [-0.2, 0) is 0 Å². The molecule has 0 saturated heterocycles. The Morgan fingerprint density at radius 1 is 0.800 bits per heavy atom. The fraction of sp³-hybridized carbons (Fsp3) is 0. The summed E-state index contributed by atoms with van der Waals surface area (Å²) in [5, 5.41) is 14.9. The molecule has 0 fully saturated rings. The average Bonchev–Trinajstić information content (AvgIpc) is 3.07. The van der Waals surface area contributed by atoms with Gasteiger partial charge in [-0.3, -0.25) is 0 Å². The van der Waals surface area contributed by atoms with Crippen molar-refractivity contribution >= 4 is 27.5 Å². The molecule has 0 atom stereocenters. The molecule has 25 heavy (non-hydrogen) atoms. The highest BCUT2D eigenvalue weighted by Crippen LogP contribution is 2.31. The van der Waals surface area contributed by atoms with E-state index in [2.05, 4.69) is 12.1 Å². The highest BCUT2D eigenvalue weighted by Gasteiger charge is 2.15. The Balaban J connectivity index is 1.97. The minimum absolute atomic E-state index is 0.638. The molecule has 0 saturated carbocycles. The Morgan fingerprint density at radius 2 is 1.52 bits per heavy atom. The predicted molar refractivity (Wildman–Crippen MR) is 98.2 cm³/mol. The van der Waals surface area contributed by atoms with Crippen LogP contribution in [0.1, 0.15) is 5.56 Å². The van der Waals surface area contributed by atoms with Gasteiger partial charge in [0, 0.05) is 10.9 Å². The van der Waals surface area contributed by atoms with Crippen molar-refractivity contribution in [3.8, 4) is 17.3 Å². The minimum atomic E-state index is 0.638. The number of rotatable bonds is 1. The van der Waals surface area contributed by atoms with Gasteiger partial charge in [-0.1, -0.05) is 42.5 Å². The molecular weight excluding hydrogens is 308 g/mol. The minimum Gasteiger partial charge on any atom is -0.244 e. The van der Waals surface area contributed by atoms with E-state index in [1.54, 1.807) is 0 Å². The molecule has 5 rings (SSSR count). The van der Waals surface area contributed by atoms with Gasteiger partial charge >= 0.3 is 0 Å². The van der Waals surface area contributed by atoms with Crippen LogP contribution in [-0.4, -0.2) is 14.6 Å². The predicted octanol–water partition coefficient (Wildman–Crippen LogP) is 4.57. The van der Waals surface area contributed by atoms with Crippen LogP contribution < -0.4 is 0 Å². The lowest BCUT2D eigenvalue weighted by Gasteiger charge is -2.08. The Bertz CT molecular complexity index is 1290. The number of aromatic nitrogens is 3. The van der Waals surface area contributed by atoms with Crippen molar-refractivity contribution in [2.45, 2.75) is 0 Å². The van der Waals surface area contributed by atoms with E-state index < -0.39 is 0 Å². The molecule has 116 valence electrons. The van der Waals surface area contributed by atoms with Crippen LogP contribution in [0.15, 0.2) is 72.8 Å². The van der Waals surface area contributed by atoms with Crippen LogP contribution in [0.4, 0.5) is 0 Å². The number of benzene rings is 3. The molecule has 0 spiro atoms. The van der Waals surface area contributed by atoms with E-state index >= 15 is 0 Å². The molecule has 0 amide bonds. The van der Waals surface area contributed by atoms with Gasteiger partial charge < -0.3 is 0 Å². The number of fused-ring (bicyclic) bond motifs is 5. The van der Waals surface area contributed by atoms with E-state index in [1.807, 2.05) is 71.2 Å². The highest BCUT2D eigenvalue weighted by atomic mass is 15.2. The lowest BCUT2D eigenvalue weighted by molar-refractivity contribution is 1.02. The number of hydrogen-bond acceptors (Lipinski definition) is 3. The molecular formula is C21H12N4. The maximum atomic E-state index is 9.04. The van der Waals surface area contributed by atoms with Gasteiger partial charge in [0.1, 0.15) is 5.52 Å². The van der Waals surface area contributed by atoms with Gasteiger partial charge in [-0.05, 0) is 30.3 Å². The topological polar surface area (TPSA) is 54.0 Å². The lowest BCUT2D eigenvalue weighted by Crippen LogP contribution is -1.96. The fourth-order valence-electron chi connectivity index (χ4n) is 3.25. The molecule has 4 heteroatoms. The van der Waals surface area contributed by atoms with Gasteiger partial charge in [0.05, 0.1) is 33.9 Å². The van der Waals surface area contributed by atoms with Crippen molar-refractivity contribution in [2.75, 3.05) is 0 Å². The van der Waals surface area contributed by atoms with Crippen molar-refractivity contribution in [1.29, 1.82) is 5.26 Å². The first-order valence-electron chi connectivity index (χ1n) is 8.02. The first kappa shape index (κ1) is 13.7. The Labute approximate surface area is 143 Å². The third-order valence-electron chi connectivity index (χ3n) is 4.43. The zero-order valence-corrected chi connectivity index (χ0v) is 13.2. The second kappa shape index (κ2) is 5.15. The van der Waals surface area contributed by atoms with E-state index in [0.29, 0.717) is 5.56 Å². The molecule has 4 nitrogen and oxygen atoms in total. The molecule has 5 aromatic rings. The SMILES string of the molecule is N#Cc1ccc(-c2nc3ccccc3n3nc4ccccc4c23)cc1. The van der Waals surface area contributed by atoms with Crippen LogP contribution in [0.5, 0.6) is 0 Å². The summed E-state index contributed by atoms with van der Waals surface area (Å²) >= 11 is 0. The summed E-state index contributed by atoms with van der Waals surface area (Å²) in [6.45, 7) is 0.